The lowest BCUT2D eigenvalue weighted by atomic mass is 10.2. The second kappa shape index (κ2) is 9.38. The van der Waals surface area contributed by atoms with E-state index in [1.807, 2.05) is 24.4 Å². The monoisotopic (exact) mass is 399 g/mol. The Morgan fingerprint density at radius 2 is 2.00 bits per heavy atom. The highest BCUT2D eigenvalue weighted by Crippen LogP contribution is 2.15. The van der Waals surface area contributed by atoms with Crippen molar-refractivity contribution in [2.24, 2.45) is 4.99 Å². The molecule has 6 heteroatoms. The molecule has 1 heterocycles. The fourth-order valence-corrected chi connectivity index (χ4v) is 1.85. The minimum absolute atomic E-state index is 0. The summed E-state index contributed by atoms with van der Waals surface area (Å²) in [5, 5.41) is 6.46. The number of nitrogens with one attached hydrogen (secondary N) is 3. The van der Waals surface area contributed by atoms with Crippen molar-refractivity contribution in [3.05, 3.63) is 42.4 Å². The lowest BCUT2D eigenvalue weighted by molar-refractivity contribution is 0.764. The predicted octanol–water partition coefficient (Wildman–Crippen LogP) is 2.77. The van der Waals surface area contributed by atoms with Crippen LogP contribution in [0.4, 0.5) is 0 Å². The maximum Gasteiger partial charge on any atom is 0.191 e. The number of imidazole rings is 1. The molecule has 0 amide bonds. The van der Waals surface area contributed by atoms with E-state index in [0.717, 1.165) is 36.0 Å². The van der Waals surface area contributed by atoms with Crippen molar-refractivity contribution < 1.29 is 0 Å². The largest absolute Gasteiger partial charge is 0.356 e. The van der Waals surface area contributed by atoms with Crippen LogP contribution in [-0.4, -0.2) is 29.5 Å². The normalized spacial score (nSPS) is 10.9. The van der Waals surface area contributed by atoms with Crippen molar-refractivity contribution in [3.8, 4) is 11.3 Å². The van der Waals surface area contributed by atoms with Crippen LogP contribution in [0.1, 0.15) is 19.2 Å². The van der Waals surface area contributed by atoms with E-state index in [1.54, 1.807) is 7.05 Å². The van der Waals surface area contributed by atoms with Crippen molar-refractivity contribution in [3.63, 3.8) is 0 Å². The van der Waals surface area contributed by atoms with Gasteiger partial charge in [-0.2, -0.15) is 0 Å². The number of hydrogen-bond donors (Lipinski definition) is 3. The molecular formula is C15H22IN5. The molecule has 0 fully saturated rings. The summed E-state index contributed by atoms with van der Waals surface area (Å²) in [6.07, 6.45) is 2.92. The van der Waals surface area contributed by atoms with Crippen molar-refractivity contribution in [1.29, 1.82) is 0 Å². The van der Waals surface area contributed by atoms with Crippen LogP contribution in [0.2, 0.25) is 0 Å². The Morgan fingerprint density at radius 3 is 2.67 bits per heavy atom. The minimum Gasteiger partial charge on any atom is -0.356 e. The SMILES string of the molecule is CCCNC(=NC)NCc1ncc(-c2ccccc2)[nH]1.I. The first-order chi connectivity index (χ1) is 9.83. The van der Waals surface area contributed by atoms with Gasteiger partial charge in [-0.3, -0.25) is 4.99 Å². The Labute approximate surface area is 142 Å². The number of H-pyrrole nitrogens is 1. The van der Waals surface area contributed by atoms with Crippen molar-refractivity contribution in [1.82, 2.24) is 20.6 Å². The van der Waals surface area contributed by atoms with Crippen LogP contribution in [0.5, 0.6) is 0 Å². The molecule has 0 saturated carbocycles. The highest BCUT2D eigenvalue weighted by molar-refractivity contribution is 14.0. The molecule has 0 saturated heterocycles. The van der Waals surface area contributed by atoms with E-state index in [4.69, 9.17) is 0 Å². The average Bonchev–Trinajstić information content (AvgIpc) is 2.97. The van der Waals surface area contributed by atoms with Gasteiger partial charge >= 0.3 is 0 Å². The van der Waals surface area contributed by atoms with Gasteiger partial charge in [-0.15, -0.1) is 24.0 Å². The Kier molecular flexibility index (Phi) is 7.81. The topological polar surface area (TPSA) is 65.1 Å². The third kappa shape index (κ3) is 5.37. The molecule has 2 rings (SSSR count). The zero-order chi connectivity index (χ0) is 14.2. The number of aromatic nitrogens is 2. The maximum absolute atomic E-state index is 4.38. The first kappa shape index (κ1) is 17.5. The summed E-state index contributed by atoms with van der Waals surface area (Å²) in [6.45, 7) is 3.66. The Hall–Kier alpha value is -1.57. The molecule has 21 heavy (non-hydrogen) atoms. The summed E-state index contributed by atoms with van der Waals surface area (Å²) in [5.74, 6) is 1.69. The molecule has 0 aliphatic carbocycles. The summed E-state index contributed by atoms with van der Waals surface area (Å²) < 4.78 is 0. The van der Waals surface area contributed by atoms with E-state index in [2.05, 4.69) is 44.7 Å². The first-order valence-electron chi connectivity index (χ1n) is 6.87. The predicted molar refractivity (Wildman–Crippen MR) is 97.9 cm³/mol. The quantitative estimate of drug-likeness (QED) is 0.412. The number of hydrogen-bond acceptors (Lipinski definition) is 2. The molecule has 0 aliphatic rings. The molecule has 3 N–H and O–H groups in total. The van der Waals surface area contributed by atoms with Gasteiger partial charge in [0.1, 0.15) is 5.82 Å². The van der Waals surface area contributed by atoms with Gasteiger partial charge in [-0.1, -0.05) is 37.3 Å². The molecule has 114 valence electrons. The zero-order valence-corrected chi connectivity index (χ0v) is 14.7. The van der Waals surface area contributed by atoms with E-state index in [1.165, 1.54) is 0 Å². The molecule has 0 atom stereocenters. The van der Waals surface area contributed by atoms with Gasteiger partial charge in [0, 0.05) is 13.6 Å². The Balaban J connectivity index is 0.00000220. The van der Waals surface area contributed by atoms with E-state index in [0.29, 0.717) is 6.54 Å². The molecule has 0 spiro atoms. The maximum atomic E-state index is 4.38. The Morgan fingerprint density at radius 1 is 1.24 bits per heavy atom. The van der Waals surface area contributed by atoms with Gasteiger partial charge in [0.15, 0.2) is 5.96 Å². The van der Waals surface area contributed by atoms with Gasteiger partial charge < -0.3 is 15.6 Å². The van der Waals surface area contributed by atoms with Gasteiger partial charge in [-0.25, -0.2) is 4.98 Å². The van der Waals surface area contributed by atoms with Crippen LogP contribution in [0.15, 0.2) is 41.5 Å². The number of guanidine groups is 1. The second-order valence-electron chi connectivity index (χ2n) is 4.46. The third-order valence-corrected chi connectivity index (χ3v) is 2.90. The zero-order valence-electron chi connectivity index (χ0n) is 12.4. The summed E-state index contributed by atoms with van der Waals surface area (Å²) in [4.78, 5) is 11.8. The summed E-state index contributed by atoms with van der Waals surface area (Å²) in [7, 11) is 1.77. The summed E-state index contributed by atoms with van der Waals surface area (Å²) >= 11 is 0. The Bertz CT molecular complexity index is 550. The fourth-order valence-electron chi connectivity index (χ4n) is 1.85. The van der Waals surface area contributed by atoms with Crippen LogP contribution in [0, 0.1) is 0 Å². The van der Waals surface area contributed by atoms with Gasteiger partial charge in [0.05, 0.1) is 18.4 Å². The highest BCUT2D eigenvalue weighted by atomic mass is 127. The minimum atomic E-state index is 0. The second-order valence-corrected chi connectivity index (χ2v) is 4.46. The molecular weight excluding hydrogens is 377 g/mol. The van der Waals surface area contributed by atoms with E-state index < -0.39 is 0 Å². The smallest absolute Gasteiger partial charge is 0.191 e. The standard InChI is InChI=1S/C15H21N5.HI/c1-3-9-17-15(16-2)19-11-14-18-10-13(20-14)12-7-5-4-6-8-12;/h4-8,10H,3,9,11H2,1-2H3,(H,18,20)(H2,16,17,19);1H. The number of nitrogens with zero attached hydrogens (tertiary/aromatic N) is 2. The molecule has 5 nitrogen and oxygen atoms in total. The number of halogens is 1. The van der Waals surface area contributed by atoms with Crippen molar-refractivity contribution in [2.75, 3.05) is 13.6 Å². The number of aliphatic imine (C=N–C) groups is 1. The third-order valence-electron chi connectivity index (χ3n) is 2.90. The fraction of sp³-hybridized carbons (Fsp3) is 0.333. The molecule has 0 radical (unpaired) electrons. The van der Waals surface area contributed by atoms with Gasteiger partial charge in [0.25, 0.3) is 0 Å². The van der Waals surface area contributed by atoms with Crippen LogP contribution in [-0.2, 0) is 6.54 Å². The van der Waals surface area contributed by atoms with Crippen LogP contribution in [0.25, 0.3) is 11.3 Å². The lowest BCUT2D eigenvalue weighted by Gasteiger charge is -2.09. The van der Waals surface area contributed by atoms with Crippen molar-refractivity contribution in [2.45, 2.75) is 19.9 Å². The molecule has 0 unspecified atom stereocenters. The lowest BCUT2D eigenvalue weighted by Crippen LogP contribution is -2.37. The van der Waals surface area contributed by atoms with Crippen LogP contribution in [0.3, 0.4) is 0 Å². The number of rotatable bonds is 5. The van der Waals surface area contributed by atoms with E-state index in [-0.39, 0.29) is 24.0 Å². The molecule has 0 bridgehead atoms. The summed E-state index contributed by atoms with van der Waals surface area (Å²) in [6, 6.07) is 10.2. The van der Waals surface area contributed by atoms with E-state index in [9.17, 15) is 0 Å². The molecule has 1 aromatic carbocycles. The highest BCUT2D eigenvalue weighted by Gasteiger charge is 2.03. The van der Waals surface area contributed by atoms with Crippen LogP contribution >= 0.6 is 24.0 Å². The number of aromatic amines is 1. The summed E-state index contributed by atoms with van der Waals surface area (Å²) in [5.41, 5.74) is 2.17. The molecule has 1 aromatic heterocycles. The molecule has 0 aliphatic heterocycles. The molecule has 2 aromatic rings. The number of benzene rings is 1. The average molecular weight is 399 g/mol. The van der Waals surface area contributed by atoms with Crippen molar-refractivity contribution >= 4 is 29.9 Å². The van der Waals surface area contributed by atoms with E-state index >= 15 is 0 Å². The van der Waals surface area contributed by atoms with Crippen LogP contribution < -0.4 is 10.6 Å². The van der Waals surface area contributed by atoms with Gasteiger partial charge in [-0.05, 0) is 12.0 Å². The van der Waals surface area contributed by atoms with Gasteiger partial charge in [0.2, 0.25) is 0 Å². The first-order valence-corrected chi connectivity index (χ1v) is 6.87.